The Morgan fingerprint density at radius 2 is 1.78 bits per heavy atom. The van der Waals surface area contributed by atoms with E-state index in [1.807, 2.05) is 75.4 Å². The molecule has 1 amide bonds. The number of hydrogen-bond acceptors (Lipinski definition) is 4. The third-order valence-corrected chi connectivity index (χ3v) is 4.14. The minimum Gasteiger partial charge on any atom is -0.489 e. The van der Waals surface area contributed by atoms with Gasteiger partial charge < -0.3 is 19.5 Å². The summed E-state index contributed by atoms with van der Waals surface area (Å²) in [6.45, 7) is 6.76. The summed E-state index contributed by atoms with van der Waals surface area (Å²) in [5.41, 5.74) is 1.73. The topological polar surface area (TPSA) is 60.1 Å². The Morgan fingerprint density at radius 3 is 2.37 bits per heavy atom. The van der Waals surface area contributed by atoms with Gasteiger partial charge in [0, 0.05) is 0 Å². The lowest BCUT2D eigenvalue weighted by Crippen LogP contribution is -2.43. The molecule has 144 valence electrons. The number of nitrogens with one attached hydrogen (secondary N) is 1. The van der Waals surface area contributed by atoms with Gasteiger partial charge in [0.15, 0.2) is 0 Å². The van der Waals surface area contributed by atoms with E-state index in [2.05, 4.69) is 5.32 Å². The molecule has 1 saturated heterocycles. The number of benzene rings is 2. The summed E-state index contributed by atoms with van der Waals surface area (Å²) in [4.78, 5) is 12.1. The van der Waals surface area contributed by atoms with Gasteiger partial charge >= 0.3 is 6.09 Å². The van der Waals surface area contributed by atoms with Crippen molar-refractivity contribution in [2.45, 2.75) is 51.5 Å². The molecule has 2 aromatic carbocycles. The Kier molecular flexibility index (Phi) is 6.01. The van der Waals surface area contributed by atoms with E-state index < -0.39 is 11.7 Å². The van der Waals surface area contributed by atoms with Crippen LogP contribution >= 0.6 is 0 Å². The van der Waals surface area contributed by atoms with Crippen LogP contribution in [0.15, 0.2) is 54.6 Å². The maximum absolute atomic E-state index is 12.1. The fraction of sp³-hybridized carbons (Fsp3) is 0.409. The van der Waals surface area contributed by atoms with Crippen molar-refractivity contribution in [3.8, 4) is 5.75 Å². The average Bonchev–Trinajstić information content (AvgIpc) is 3.45. The molecule has 1 unspecified atom stereocenters. The second kappa shape index (κ2) is 8.44. The van der Waals surface area contributed by atoms with Gasteiger partial charge in [0.05, 0.1) is 12.6 Å². The quantitative estimate of drug-likeness (QED) is 0.747. The predicted molar refractivity (Wildman–Crippen MR) is 104 cm³/mol. The van der Waals surface area contributed by atoms with E-state index in [9.17, 15) is 4.79 Å². The van der Waals surface area contributed by atoms with Gasteiger partial charge in [-0.2, -0.15) is 0 Å². The molecule has 1 N–H and O–H groups in total. The molecule has 0 aliphatic carbocycles. The molecule has 5 heteroatoms. The number of amides is 1. The minimum atomic E-state index is -0.517. The van der Waals surface area contributed by atoms with E-state index in [-0.39, 0.29) is 12.1 Å². The van der Waals surface area contributed by atoms with Crippen molar-refractivity contribution in [1.82, 2.24) is 5.32 Å². The highest BCUT2D eigenvalue weighted by molar-refractivity contribution is 5.68. The molecule has 1 aliphatic heterocycles. The number of carbonyl (C=O) groups is 1. The zero-order chi connectivity index (χ0) is 19.3. The first-order valence-electron chi connectivity index (χ1n) is 9.26. The van der Waals surface area contributed by atoms with E-state index >= 15 is 0 Å². The van der Waals surface area contributed by atoms with E-state index in [1.54, 1.807) is 0 Å². The maximum Gasteiger partial charge on any atom is 0.407 e. The number of ether oxygens (including phenoxy) is 3. The monoisotopic (exact) mass is 369 g/mol. The first-order chi connectivity index (χ1) is 12.9. The lowest BCUT2D eigenvalue weighted by molar-refractivity contribution is 0.0495. The Morgan fingerprint density at radius 1 is 1.11 bits per heavy atom. The largest absolute Gasteiger partial charge is 0.489 e. The molecule has 2 aromatic rings. The summed E-state index contributed by atoms with van der Waals surface area (Å²) in [6.07, 6.45) is 0.320. The van der Waals surface area contributed by atoms with Gasteiger partial charge in [-0.25, -0.2) is 4.79 Å². The third-order valence-electron chi connectivity index (χ3n) is 4.14. The number of carbonyl (C=O) groups excluding carboxylic acids is 1. The van der Waals surface area contributed by atoms with Crippen LogP contribution in [0.5, 0.6) is 5.75 Å². The van der Waals surface area contributed by atoms with Crippen LogP contribution < -0.4 is 10.1 Å². The van der Waals surface area contributed by atoms with Crippen LogP contribution in [-0.2, 0) is 22.5 Å². The molecular weight excluding hydrogens is 342 g/mol. The molecule has 0 saturated carbocycles. The van der Waals surface area contributed by atoms with Crippen molar-refractivity contribution in [2.24, 2.45) is 0 Å². The standard InChI is InChI=1S/C22H27NO4/c1-22(2,3)27-21(24)23-19(20-15-26-20)13-16-9-11-18(12-10-16)25-14-17-7-5-4-6-8-17/h4-12,19-20H,13-15H2,1-3H3,(H,23,24)/t19?,20-/m1/s1. The van der Waals surface area contributed by atoms with Gasteiger partial charge in [-0.05, 0) is 50.5 Å². The van der Waals surface area contributed by atoms with Crippen molar-refractivity contribution < 1.29 is 19.0 Å². The van der Waals surface area contributed by atoms with Gasteiger partial charge in [-0.3, -0.25) is 0 Å². The normalized spacial score (nSPS) is 17.1. The highest BCUT2D eigenvalue weighted by Crippen LogP contribution is 2.21. The van der Waals surface area contributed by atoms with E-state index in [4.69, 9.17) is 14.2 Å². The molecule has 0 bridgehead atoms. The Hall–Kier alpha value is -2.53. The first kappa shape index (κ1) is 19.2. The summed E-state index contributed by atoms with van der Waals surface area (Å²) in [7, 11) is 0. The summed E-state index contributed by atoms with van der Waals surface area (Å²) >= 11 is 0. The fourth-order valence-electron chi connectivity index (χ4n) is 2.74. The second-order valence-corrected chi connectivity index (χ2v) is 7.75. The number of epoxide rings is 1. The molecule has 27 heavy (non-hydrogen) atoms. The van der Waals surface area contributed by atoms with Gasteiger partial charge in [0.2, 0.25) is 0 Å². The molecular formula is C22H27NO4. The van der Waals surface area contributed by atoms with E-state index in [0.717, 1.165) is 16.9 Å². The number of hydrogen-bond donors (Lipinski definition) is 1. The molecule has 0 spiro atoms. The molecule has 1 fully saturated rings. The highest BCUT2D eigenvalue weighted by Gasteiger charge is 2.34. The minimum absolute atomic E-state index is 0.0477. The molecule has 0 aromatic heterocycles. The van der Waals surface area contributed by atoms with Crippen molar-refractivity contribution in [3.05, 3.63) is 65.7 Å². The van der Waals surface area contributed by atoms with Gasteiger partial charge in [0.1, 0.15) is 24.1 Å². The fourth-order valence-corrected chi connectivity index (χ4v) is 2.74. The number of alkyl carbamates (subject to hydrolysis) is 1. The zero-order valence-electron chi connectivity index (χ0n) is 16.1. The summed E-state index contributed by atoms with van der Waals surface area (Å²) < 4.78 is 16.6. The highest BCUT2D eigenvalue weighted by atomic mass is 16.6. The van der Waals surface area contributed by atoms with Crippen LogP contribution in [0.2, 0.25) is 0 Å². The molecule has 1 heterocycles. The Balaban J connectivity index is 1.53. The van der Waals surface area contributed by atoms with Crippen LogP contribution in [0.1, 0.15) is 31.9 Å². The molecule has 3 rings (SSSR count). The van der Waals surface area contributed by atoms with Gasteiger partial charge in [0.25, 0.3) is 0 Å². The van der Waals surface area contributed by atoms with Crippen molar-refractivity contribution >= 4 is 6.09 Å². The van der Waals surface area contributed by atoms with Crippen LogP contribution in [-0.4, -0.2) is 30.4 Å². The Bertz CT molecular complexity index is 733. The Labute approximate surface area is 160 Å². The zero-order valence-corrected chi connectivity index (χ0v) is 16.1. The van der Waals surface area contributed by atoms with Crippen molar-refractivity contribution in [3.63, 3.8) is 0 Å². The van der Waals surface area contributed by atoms with Crippen LogP contribution in [0.25, 0.3) is 0 Å². The van der Waals surface area contributed by atoms with Crippen LogP contribution in [0.3, 0.4) is 0 Å². The SMILES string of the molecule is CC(C)(C)OC(=O)NC(Cc1ccc(OCc2ccccc2)cc1)[C@H]1CO1. The summed E-state index contributed by atoms with van der Waals surface area (Å²) in [6, 6.07) is 17.9. The average molecular weight is 369 g/mol. The van der Waals surface area contributed by atoms with Crippen LogP contribution in [0.4, 0.5) is 4.79 Å². The van der Waals surface area contributed by atoms with Crippen molar-refractivity contribution in [1.29, 1.82) is 0 Å². The van der Waals surface area contributed by atoms with Gasteiger partial charge in [-0.1, -0.05) is 42.5 Å². The molecule has 2 atom stereocenters. The third kappa shape index (κ3) is 6.61. The summed E-state index contributed by atoms with van der Waals surface area (Å²) in [5.74, 6) is 0.821. The smallest absolute Gasteiger partial charge is 0.407 e. The second-order valence-electron chi connectivity index (χ2n) is 7.75. The van der Waals surface area contributed by atoms with E-state index in [1.165, 1.54) is 0 Å². The van der Waals surface area contributed by atoms with Gasteiger partial charge in [-0.15, -0.1) is 0 Å². The lowest BCUT2D eigenvalue weighted by atomic mass is 10.0. The summed E-state index contributed by atoms with van der Waals surface area (Å²) in [5, 5.41) is 2.93. The maximum atomic E-state index is 12.1. The molecule has 0 radical (unpaired) electrons. The first-order valence-corrected chi connectivity index (χ1v) is 9.26. The lowest BCUT2D eigenvalue weighted by Gasteiger charge is -2.23. The van der Waals surface area contributed by atoms with Crippen LogP contribution in [0, 0.1) is 0 Å². The molecule has 5 nitrogen and oxygen atoms in total. The van der Waals surface area contributed by atoms with E-state index in [0.29, 0.717) is 19.6 Å². The predicted octanol–water partition coefficient (Wildman–Crippen LogP) is 4.10. The number of rotatable bonds is 7. The molecule has 1 aliphatic rings. The van der Waals surface area contributed by atoms with Crippen molar-refractivity contribution in [2.75, 3.05) is 6.61 Å².